The summed E-state index contributed by atoms with van der Waals surface area (Å²) < 4.78 is 0. The molecule has 3 rings (SSSR count). The molecule has 1 spiro atoms. The van der Waals surface area contributed by atoms with Gasteiger partial charge in [0, 0.05) is 18.0 Å². The number of hydrogen-bond donors (Lipinski definition) is 1. The molecule has 2 aliphatic rings. The number of rotatable bonds is 1. The van der Waals surface area contributed by atoms with Crippen molar-refractivity contribution in [2.75, 3.05) is 26.2 Å². The topological polar surface area (TPSA) is 32.3 Å². The maximum absolute atomic E-state index is 12.6. The van der Waals surface area contributed by atoms with Crippen LogP contribution in [-0.2, 0) is 0 Å². The molecule has 0 aromatic carbocycles. The summed E-state index contributed by atoms with van der Waals surface area (Å²) in [4.78, 5) is 16.8. The number of thiophene rings is 1. The third kappa shape index (κ3) is 3.43. The lowest BCUT2D eigenvalue weighted by Gasteiger charge is -2.44. The van der Waals surface area contributed by atoms with Gasteiger partial charge in [0.05, 0.1) is 4.88 Å². The van der Waals surface area contributed by atoms with E-state index < -0.39 is 0 Å². The first kappa shape index (κ1) is 16.8. The lowest BCUT2D eigenvalue weighted by atomic mass is 9.71. The fraction of sp³-hybridized carbons (Fsp3) is 0.688. The molecule has 1 amide bonds. The minimum Gasteiger partial charge on any atom is -0.338 e. The molecule has 118 valence electrons. The van der Waals surface area contributed by atoms with E-state index in [0.717, 1.165) is 31.1 Å². The predicted octanol–water partition coefficient (Wildman–Crippen LogP) is 3.39. The van der Waals surface area contributed by atoms with Crippen molar-refractivity contribution in [3.63, 3.8) is 0 Å². The van der Waals surface area contributed by atoms with Gasteiger partial charge in [-0.3, -0.25) is 4.79 Å². The highest BCUT2D eigenvalue weighted by Crippen LogP contribution is 2.40. The number of hydrogen-bond acceptors (Lipinski definition) is 3. The molecule has 0 unspecified atom stereocenters. The first-order valence-corrected chi connectivity index (χ1v) is 8.48. The number of carbonyl (C=O) groups excluding carboxylic acids is 1. The van der Waals surface area contributed by atoms with Gasteiger partial charge in [0.25, 0.3) is 5.91 Å². The number of amides is 1. The molecule has 1 aromatic heterocycles. The molecule has 2 fully saturated rings. The smallest absolute Gasteiger partial charge is 0.263 e. The van der Waals surface area contributed by atoms with Crippen molar-refractivity contribution >= 4 is 29.7 Å². The quantitative estimate of drug-likeness (QED) is 0.857. The van der Waals surface area contributed by atoms with Crippen molar-refractivity contribution in [3.8, 4) is 0 Å². The molecule has 21 heavy (non-hydrogen) atoms. The normalized spacial score (nSPS) is 21.1. The average Bonchev–Trinajstić information content (AvgIpc) is 2.80. The summed E-state index contributed by atoms with van der Waals surface area (Å²) in [6, 6.07) is 2.05. The van der Waals surface area contributed by atoms with Crippen LogP contribution in [0.2, 0.25) is 0 Å². The van der Waals surface area contributed by atoms with Crippen LogP contribution in [0, 0.1) is 19.3 Å². The van der Waals surface area contributed by atoms with Gasteiger partial charge in [0.1, 0.15) is 0 Å². The molecule has 2 saturated heterocycles. The van der Waals surface area contributed by atoms with E-state index in [0.29, 0.717) is 5.41 Å². The minimum atomic E-state index is 0. The van der Waals surface area contributed by atoms with E-state index in [1.165, 1.54) is 36.1 Å². The molecule has 1 aromatic rings. The van der Waals surface area contributed by atoms with Crippen LogP contribution in [0.3, 0.4) is 0 Å². The Morgan fingerprint density at radius 2 is 1.81 bits per heavy atom. The molecule has 5 heteroatoms. The zero-order valence-electron chi connectivity index (χ0n) is 12.9. The highest BCUT2D eigenvalue weighted by atomic mass is 35.5. The van der Waals surface area contributed by atoms with E-state index in [2.05, 4.69) is 30.1 Å². The van der Waals surface area contributed by atoms with Gasteiger partial charge >= 0.3 is 0 Å². The van der Waals surface area contributed by atoms with Crippen molar-refractivity contribution in [3.05, 3.63) is 21.4 Å². The van der Waals surface area contributed by atoms with Gasteiger partial charge in [0.15, 0.2) is 0 Å². The maximum atomic E-state index is 12.6. The lowest BCUT2D eigenvalue weighted by Crippen LogP contribution is -2.47. The summed E-state index contributed by atoms with van der Waals surface area (Å²) in [6.45, 7) is 8.36. The fourth-order valence-electron chi connectivity index (χ4n) is 3.48. The Labute approximate surface area is 137 Å². The number of aryl methyl sites for hydroxylation is 2. The molecular formula is C16H25ClN2OS. The third-order valence-electron chi connectivity index (χ3n) is 5.15. The molecule has 0 saturated carbocycles. The third-order valence-corrected chi connectivity index (χ3v) is 6.29. The van der Waals surface area contributed by atoms with Crippen LogP contribution in [-0.4, -0.2) is 37.0 Å². The molecular weight excluding hydrogens is 304 g/mol. The van der Waals surface area contributed by atoms with E-state index in [9.17, 15) is 4.79 Å². The van der Waals surface area contributed by atoms with Gasteiger partial charge in [-0.25, -0.2) is 0 Å². The van der Waals surface area contributed by atoms with E-state index in [1.807, 2.05) is 0 Å². The second-order valence-corrected chi connectivity index (χ2v) is 7.65. The van der Waals surface area contributed by atoms with Crippen molar-refractivity contribution in [2.24, 2.45) is 5.41 Å². The Hall–Kier alpha value is -0.580. The largest absolute Gasteiger partial charge is 0.338 e. The van der Waals surface area contributed by atoms with Gasteiger partial charge in [-0.15, -0.1) is 23.7 Å². The first-order chi connectivity index (χ1) is 9.60. The number of piperidine rings is 2. The van der Waals surface area contributed by atoms with Crippen LogP contribution >= 0.6 is 23.7 Å². The molecule has 0 bridgehead atoms. The van der Waals surface area contributed by atoms with Crippen molar-refractivity contribution < 1.29 is 4.79 Å². The molecule has 0 radical (unpaired) electrons. The van der Waals surface area contributed by atoms with E-state index in [4.69, 9.17) is 0 Å². The van der Waals surface area contributed by atoms with Crippen LogP contribution in [0.1, 0.15) is 45.8 Å². The second kappa shape index (κ2) is 6.67. The van der Waals surface area contributed by atoms with Crippen LogP contribution in [0.5, 0.6) is 0 Å². The first-order valence-electron chi connectivity index (χ1n) is 7.67. The van der Waals surface area contributed by atoms with E-state index >= 15 is 0 Å². The average molecular weight is 329 g/mol. The summed E-state index contributed by atoms with van der Waals surface area (Å²) in [7, 11) is 0. The minimum absolute atomic E-state index is 0. The Bertz CT molecular complexity index is 479. The van der Waals surface area contributed by atoms with Gasteiger partial charge in [-0.1, -0.05) is 0 Å². The summed E-state index contributed by atoms with van der Waals surface area (Å²) in [6.07, 6.45) is 4.94. The predicted molar refractivity (Wildman–Crippen MR) is 90.7 cm³/mol. The zero-order chi connectivity index (χ0) is 14.2. The van der Waals surface area contributed by atoms with Crippen molar-refractivity contribution in [1.82, 2.24) is 10.2 Å². The highest BCUT2D eigenvalue weighted by Gasteiger charge is 2.37. The Kier molecular flexibility index (Phi) is 5.33. The van der Waals surface area contributed by atoms with Crippen molar-refractivity contribution in [1.29, 1.82) is 0 Å². The molecule has 3 nitrogen and oxygen atoms in total. The van der Waals surface area contributed by atoms with Gasteiger partial charge in [0.2, 0.25) is 0 Å². The standard InChI is InChI=1S/C16H24N2OS.ClH/c1-12-11-14(20-13(12)2)15(19)18-9-5-16(6-10-18)3-7-17-8-4-16;/h11,17H,3-10H2,1-2H3;1H. The fourth-order valence-corrected chi connectivity index (χ4v) is 4.48. The molecule has 1 N–H and O–H groups in total. The summed E-state index contributed by atoms with van der Waals surface area (Å²) in [5.74, 6) is 0.245. The van der Waals surface area contributed by atoms with E-state index in [1.54, 1.807) is 11.3 Å². The van der Waals surface area contributed by atoms with Crippen LogP contribution in [0.25, 0.3) is 0 Å². The summed E-state index contributed by atoms with van der Waals surface area (Å²) in [5.41, 5.74) is 1.76. The number of carbonyl (C=O) groups is 1. The molecule has 0 atom stereocenters. The Morgan fingerprint density at radius 1 is 1.19 bits per heavy atom. The lowest BCUT2D eigenvalue weighted by molar-refractivity contribution is 0.0500. The Morgan fingerprint density at radius 3 is 2.33 bits per heavy atom. The Balaban J connectivity index is 0.00000161. The number of halogens is 1. The van der Waals surface area contributed by atoms with Gasteiger partial charge in [-0.05, 0) is 69.7 Å². The van der Waals surface area contributed by atoms with Crippen molar-refractivity contribution in [2.45, 2.75) is 39.5 Å². The SMILES string of the molecule is Cc1cc(C(=O)N2CCC3(CCNCC3)CC2)sc1C.Cl. The second-order valence-electron chi connectivity index (χ2n) is 6.39. The van der Waals surface area contributed by atoms with Crippen LogP contribution in [0.15, 0.2) is 6.07 Å². The number of nitrogens with zero attached hydrogens (tertiary/aromatic N) is 1. The van der Waals surface area contributed by atoms with Gasteiger partial charge in [-0.2, -0.15) is 0 Å². The van der Waals surface area contributed by atoms with Gasteiger partial charge < -0.3 is 10.2 Å². The highest BCUT2D eigenvalue weighted by molar-refractivity contribution is 7.14. The molecule has 0 aliphatic carbocycles. The van der Waals surface area contributed by atoms with Crippen LogP contribution < -0.4 is 5.32 Å². The maximum Gasteiger partial charge on any atom is 0.263 e. The number of nitrogens with one attached hydrogen (secondary N) is 1. The summed E-state index contributed by atoms with van der Waals surface area (Å²) in [5, 5.41) is 3.45. The van der Waals surface area contributed by atoms with Crippen LogP contribution in [0.4, 0.5) is 0 Å². The monoisotopic (exact) mass is 328 g/mol. The zero-order valence-corrected chi connectivity index (χ0v) is 14.5. The van der Waals surface area contributed by atoms with E-state index in [-0.39, 0.29) is 18.3 Å². The number of likely N-dealkylation sites (tertiary alicyclic amines) is 1. The molecule has 3 heterocycles. The summed E-state index contributed by atoms with van der Waals surface area (Å²) >= 11 is 1.64. The molecule has 2 aliphatic heterocycles.